The number of hydrogen-bond donors (Lipinski definition) is 2. The molecule has 2 aromatic rings. The fourth-order valence-corrected chi connectivity index (χ4v) is 3.56. The molecule has 0 amide bonds. The van der Waals surface area contributed by atoms with E-state index in [0.717, 1.165) is 31.0 Å². The van der Waals surface area contributed by atoms with Gasteiger partial charge in [-0.15, -0.1) is 0 Å². The largest absolute Gasteiger partial charge is 0.366 e. The van der Waals surface area contributed by atoms with Crippen molar-refractivity contribution in [2.24, 2.45) is 4.99 Å². The fraction of sp³-hybridized carbons (Fsp3) is 0.389. The zero-order valence-corrected chi connectivity index (χ0v) is 14.6. The molecule has 0 bridgehead atoms. The summed E-state index contributed by atoms with van der Waals surface area (Å²) in [6.45, 7) is 3.79. The van der Waals surface area contributed by atoms with Gasteiger partial charge in [0.15, 0.2) is 0 Å². The van der Waals surface area contributed by atoms with Gasteiger partial charge in [0.1, 0.15) is 17.5 Å². The topological polar surface area (TPSA) is 74.5 Å². The summed E-state index contributed by atoms with van der Waals surface area (Å²) < 4.78 is 15.4. The van der Waals surface area contributed by atoms with Crippen LogP contribution in [0.3, 0.4) is 0 Å². The van der Waals surface area contributed by atoms with Gasteiger partial charge in [-0.25, -0.2) is 9.18 Å². The number of benzene rings is 1. The highest BCUT2D eigenvalue weighted by Crippen LogP contribution is 2.26. The lowest BCUT2D eigenvalue weighted by Gasteiger charge is -2.31. The van der Waals surface area contributed by atoms with Gasteiger partial charge < -0.3 is 15.5 Å². The second-order valence-electron chi connectivity index (χ2n) is 6.54. The molecule has 1 unspecified atom stereocenters. The van der Waals surface area contributed by atoms with Crippen molar-refractivity contribution in [1.29, 1.82) is 0 Å². The highest BCUT2D eigenvalue weighted by molar-refractivity contribution is 5.80. The Hall–Kier alpha value is -2.74. The summed E-state index contributed by atoms with van der Waals surface area (Å²) in [4.78, 5) is 22.6. The van der Waals surface area contributed by atoms with E-state index >= 15 is 0 Å². The molecule has 0 spiro atoms. The Morgan fingerprint density at radius 3 is 3.19 bits per heavy atom. The molecule has 0 radical (unpaired) electrons. The Labute approximate surface area is 150 Å². The van der Waals surface area contributed by atoms with Gasteiger partial charge in [-0.1, -0.05) is 6.07 Å². The number of piperazine rings is 1. The van der Waals surface area contributed by atoms with Gasteiger partial charge in [0, 0.05) is 51.1 Å². The third-order valence-corrected chi connectivity index (χ3v) is 4.83. The summed E-state index contributed by atoms with van der Waals surface area (Å²) in [6.07, 6.45) is 1.49. The van der Waals surface area contributed by atoms with Crippen LogP contribution in [0.4, 0.5) is 16.0 Å². The number of anilines is 2. The smallest absolute Gasteiger partial charge is 0.351 e. The van der Waals surface area contributed by atoms with Crippen LogP contribution in [0.5, 0.6) is 0 Å². The van der Waals surface area contributed by atoms with Gasteiger partial charge in [0.05, 0.1) is 12.6 Å². The molecule has 8 heteroatoms. The van der Waals surface area contributed by atoms with Gasteiger partial charge in [0.2, 0.25) is 0 Å². The monoisotopic (exact) mass is 356 g/mol. The van der Waals surface area contributed by atoms with E-state index in [1.807, 2.05) is 6.07 Å². The first kappa shape index (κ1) is 16.7. The fourth-order valence-electron chi connectivity index (χ4n) is 3.56. The van der Waals surface area contributed by atoms with Crippen molar-refractivity contribution in [1.82, 2.24) is 14.9 Å². The number of rotatable bonds is 4. The SMILES string of the molecule is CN=Cc1cc(CNc2cc3n(c(=O)n2)CC2CNCCN32)ccc1F. The molecular formula is C18H21FN6O. The highest BCUT2D eigenvalue weighted by Gasteiger charge is 2.32. The highest BCUT2D eigenvalue weighted by atomic mass is 19.1. The molecule has 0 saturated carbocycles. The van der Waals surface area contributed by atoms with Gasteiger partial charge in [-0.2, -0.15) is 4.98 Å². The lowest BCUT2D eigenvalue weighted by atomic mass is 10.1. The van der Waals surface area contributed by atoms with Crippen LogP contribution in [0.2, 0.25) is 0 Å². The van der Waals surface area contributed by atoms with Crippen LogP contribution in [0.25, 0.3) is 0 Å². The van der Waals surface area contributed by atoms with Crippen LogP contribution >= 0.6 is 0 Å². The van der Waals surface area contributed by atoms with E-state index in [4.69, 9.17) is 0 Å². The molecule has 1 atom stereocenters. The number of hydrogen-bond acceptors (Lipinski definition) is 6. The molecule has 7 nitrogen and oxygen atoms in total. The van der Waals surface area contributed by atoms with E-state index in [0.29, 0.717) is 30.5 Å². The maximum absolute atomic E-state index is 13.7. The van der Waals surface area contributed by atoms with Crippen molar-refractivity contribution < 1.29 is 4.39 Å². The molecule has 1 aromatic heterocycles. The third kappa shape index (κ3) is 3.08. The Balaban J connectivity index is 1.54. The van der Waals surface area contributed by atoms with Crippen LogP contribution in [-0.4, -0.2) is 48.5 Å². The number of fused-ring (bicyclic) bond motifs is 3. The van der Waals surface area contributed by atoms with Gasteiger partial charge in [-0.3, -0.25) is 9.56 Å². The van der Waals surface area contributed by atoms with Crippen molar-refractivity contribution in [2.75, 3.05) is 36.9 Å². The Morgan fingerprint density at radius 2 is 2.35 bits per heavy atom. The van der Waals surface area contributed by atoms with Crippen LogP contribution in [-0.2, 0) is 13.1 Å². The van der Waals surface area contributed by atoms with Crippen molar-refractivity contribution in [3.05, 3.63) is 51.7 Å². The van der Waals surface area contributed by atoms with Crippen LogP contribution < -0.4 is 21.2 Å². The summed E-state index contributed by atoms with van der Waals surface area (Å²) in [5.41, 5.74) is 1.10. The molecule has 2 N–H and O–H groups in total. The first-order valence-corrected chi connectivity index (χ1v) is 8.69. The number of nitrogens with one attached hydrogen (secondary N) is 2. The van der Waals surface area contributed by atoms with Gasteiger partial charge in [0.25, 0.3) is 0 Å². The average Bonchev–Trinajstić information content (AvgIpc) is 3.02. The van der Waals surface area contributed by atoms with E-state index in [2.05, 4.69) is 25.5 Å². The maximum Gasteiger partial charge on any atom is 0.351 e. The van der Waals surface area contributed by atoms with Crippen molar-refractivity contribution in [3.8, 4) is 0 Å². The second-order valence-corrected chi connectivity index (χ2v) is 6.54. The lowest BCUT2D eigenvalue weighted by molar-refractivity contribution is 0.474. The normalized spacial score (nSPS) is 18.8. The molecule has 3 heterocycles. The van der Waals surface area contributed by atoms with Gasteiger partial charge in [-0.05, 0) is 17.7 Å². The number of nitrogens with zero attached hydrogens (tertiary/aromatic N) is 4. The third-order valence-electron chi connectivity index (χ3n) is 4.83. The molecule has 2 aliphatic heterocycles. The summed E-state index contributed by atoms with van der Waals surface area (Å²) in [6, 6.07) is 7.10. The van der Waals surface area contributed by atoms with E-state index in [1.54, 1.807) is 23.7 Å². The number of aliphatic imine (C=N–C) groups is 1. The summed E-state index contributed by atoms with van der Waals surface area (Å²) in [5.74, 6) is 1.14. The Kier molecular flexibility index (Phi) is 4.42. The minimum atomic E-state index is -0.307. The standard InChI is InChI=1S/C18H21FN6O/c1-20-9-13-6-12(2-3-15(13)19)8-22-16-7-17-24-5-4-21-10-14(24)11-25(17)18(26)23-16/h2-3,6-7,9,14,21H,4-5,8,10-11H2,1H3,(H,22,23,26). The molecule has 1 fully saturated rings. The van der Waals surface area contributed by atoms with E-state index in [1.165, 1.54) is 12.3 Å². The molecule has 0 aliphatic carbocycles. The van der Waals surface area contributed by atoms with Crippen molar-refractivity contribution in [3.63, 3.8) is 0 Å². The minimum Gasteiger partial charge on any atom is -0.366 e. The number of aromatic nitrogens is 2. The Morgan fingerprint density at radius 1 is 1.46 bits per heavy atom. The predicted molar refractivity (Wildman–Crippen MR) is 99.7 cm³/mol. The summed E-state index contributed by atoms with van der Waals surface area (Å²) in [5, 5.41) is 6.54. The summed E-state index contributed by atoms with van der Waals surface area (Å²) in [7, 11) is 1.61. The van der Waals surface area contributed by atoms with Crippen LogP contribution in [0.1, 0.15) is 11.1 Å². The second kappa shape index (κ2) is 6.87. The van der Waals surface area contributed by atoms with Crippen molar-refractivity contribution >= 4 is 17.9 Å². The molecule has 26 heavy (non-hydrogen) atoms. The van der Waals surface area contributed by atoms with Gasteiger partial charge >= 0.3 is 5.69 Å². The van der Waals surface area contributed by atoms with E-state index < -0.39 is 0 Å². The maximum atomic E-state index is 13.7. The summed E-state index contributed by atoms with van der Waals surface area (Å²) >= 11 is 0. The average molecular weight is 356 g/mol. The first-order valence-electron chi connectivity index (χ1n) is 8.69. The predicted octanol–water partition coefficient (Wildman–Crippen LogP) is 0.835. The molecule has 136 valence electrons. The van der Waals surface area contributed by atoms with Crippen LogP contribution in [0.15, 0.2) is 34.1 Å². The molecule has 4 rings (SSSR count). The number of halogens is 1. The van der Waals surface area contributed by atoms with E-state index in [9.17, 15) is 9.18 Å². The first-order chi connectivity index (χ1) is 12.7. The zero-order chi connectivity index (χ0) is 18.1. The lowest BCUT2D eigenvalue weighted by Crippen LogP contribution is -2.49. The van der Waals surface area contributed by atoms with Crippen molar-refractivity contribution in [2.45, 2.75) is 19.1 Å². The molecule has 2 aliphatic rings. The minimum absolute atomic E-state index is 0.239. The molecule has 1 saturated heterocycles. The quantitative estimate of drug-likeness (QED) is 0.794. The zero-order valence-electron chi connectivity index (χ0n) is 14.6. The molecular weight excluding hydrogens is 335 g/mol. The van der Waals surface area contributed by atoms with E-state index in [-0.39, 0.29) is 11.5 Å². The molecule has 1 aromatic carbocycles. The van der Waals surface area contributed by atoms with Crippen LogP contribution in [0, 0.1) is 5.82 Å². The Bertz CT molecular complexity index is 909.